The molecule has 3 aromatic rings. The van der Waals surface area contributed by atoms with Crippen LogP contribution < -0.4 is 10.6 Å². The third kappa shape index (κ3) is 5.24. The van der Waals surface area contributed by atoms with Gasteiger partial charge in [-0.05, 0) is 43.2 Å². The van der Waals surface area contributed by atoms with Crippen LogP contribution in [0, 0.1) is 12.7 Å². The van der Waals surface area contributed by atoms with Crippen LogP contribution in [0.2, 0.25) is 5.02 Å². The van der Waals surface area contributed by atoms with Crippen molar-refractivity contribution in [3.05, 3.63) is 82.4 Å². The first-order chi connectivity index (χ1) is 13.0. The number of aromatic nitrogens is 2. The molecule has 1 aromatic heterocycles. The van der Waals surface area contributed by atoms with Gasteiger partial charge in [-0.2, -0.15) is 0 Å². The number of halogens is 2. The lowest BCUT2D eigenvalue weighted by Gasteiger charge is -2.09. The topological polar surface area (TPSA) is 66.9 Å². The largest absolute Gasteiger partial charge is 0.350 e. The van der Waals surface area contributed by atoms with E-state index in [4.69, 9.17) is 11.6 Å². The van der Waals surface area contributed by atoms with Gasteiger partial charge in [0, 0.05) is 17.9 Å². The van der Waals surface area contributed by atoms with Crippen LogP contribution in [0.1, 0.15) is 21.7 Å². The van der Waals surface area contributed by atoms with Crippen LogP contribution in [0.4, 0.5) is 16.0 Å². The van der Waals surface area contributed by atoms with E-state index >= 15 is 0 Å². The van der Waals surface area contributed by atoms with Crippen LogP contribution in [0.3, 0.4) is 0 Å². The van der Waals surface area contributed by atoms with Gasteiger partial charge in [-0.3, -0.25) is 4.79 Å². The lowest BCUT2D eigenvalue weighted by atomic mass is 10.1. The van der Waals surface area contributed by atoms with E-state index in [9.17, 15) is 9.18 Å². The van der Waals surface area contributed by atoms with E-state index in [-0.39, 0.29) is 22.6 Å². The van der Waals surface area contributed by atoms with E-state index in [0.717, 1.165) is 12.0 Å². The second-order valence-electron chi connectivity index (χ2n) is 5.96. The highest BCUT2D eigenvalue weighted by Gasteiger charge is 2.11. The van der Waals surface area contributed by atoms with Gasteiger partial charge in [-0.15, -0.1) is 0 Å². The Morgan fingerprint density at radius 1 is 1.11 bits per heavy atom. The predicted molar refractivity (Wildman–Crippen MR) is 104 cm³/mol. The molecule has 27 heavy (non-hydrogen) atoms. The van der Waals surface area contributed by atoms with Gasteiger partial charge in [-0.25, -0.2) is 14.4 Å². The molecule has 0 bridgehead atoms. The number of benzene rings is 2. The molecule has 2 aromatic carbocycles. The average molecular weight is 385 g/mol. The van der Waals surface area contributed by atoms with Crippen molar-refractivity contribution in [3.63, 3.8) is 0 Å². The Balaban J connectivity index is 1.66. The summed E-state index contributed by atoms with van der Waals surface area (Å²) in [6.07, 6.45) is 0.732. The molecule has 0 spiro atoms. The second kappa shape index (κ2) is 8.60. The molecule has 0 aliphatic heterocycles. The molecular formula is C20H18ClFN4O. The van der Waals surface area contributed by atoms with Gasteiger partial charge in [-0.1, -0.05) is 41.9 Å². The maximum Gasteiger partial charge on any atom is 0.270 e. The minimum Gasteiger partial charge on any atom is -0.350 e. The Hall–Kier alpha value is -2.99. The molecule has 0 aliphatic rings. The highest BCUT2D eigenvalue weighted by atomic mass is 35.5. The van der Waals surface area contributed by atoms with Crippen molar-refractivity contribution in [2.24, 2.45) is 0 Å². The summed E-state index contributed by atoms with van der Waals surface area (Å²) >= 11 is 5.78. The molecule has 1 amide bonds. The Labute approximate surface area is 161 Å². The molecule has 7 heteroatoms. The molecule has 3 rings (SSSR count). The standard InChI is InChI=1S/C20H18ClFN4O/c1-13-11-18(19(27)23-10-9-14-5-3-2-4-6-14)26-20(24-13)25-15-7-8-17(22)16(21)12-15/h2-8,11-12H,9-10H2,1H3,(H,23,27)(H,24,25,26). The first-order valence-corrected chi connectivity index (χ1v) is 8.79. The van der Waals surface area contributed by atoms with E-state index in [0.29, 0.717) is 17.9 Å². The van der Waals surface area contributed by atoms with E-state index < -0.39 is 5.82 Å². The summed E-state index contributed by atoms with van der Waals surface area (Å²) in [5.41, 5.74) is 2.56. The van der Waals surface area contributed by atoms with Crippen LogP contribution in [0.25, 0.3) is 0 Å². The Bertz CT molecular complexity index is 950. The van der Waals surface area contributed by atoms with E-state index in [1.165, 1.54) is 18.2 Å². The fourth-order valence-corrected chi connectivity index (χ4v) is 2.68. The van der Waals surface area contributed by atoms with Crippen molar-refractivity contribution in [2.45, 2.75) is 13.3 Å². The van der Waals surface area contributed by atoms with Gasteiger partial charge in [0.15, 0.2) is 0 Å². The van der Waals surface area contributed by atoms with Crippen molar-refractivity contribution >= 4 is 29.1 Å². The molecule has 0 radical (unpaired) electrons. The van der Waals surface area contributed by atoms with Gasteiger partial charge in [0.1, 0.15) is 11.5 Å². The number of nitrogens with zero attached hydrogens (tertiary/aromatic N) is 2. The molecular weight excluding hydrogens is 367 g/mol. The number of hydrogen-bond donors (Lipinski definition) is 2. The van der Waals surface area contributed by atoms with E-state index in [1.54, 1.807) is 13.0 Å². The van der Waals surface area contributed by atoms with Crippen molar-refractivity contribution in [1.29, 1.82) is 0 Å². The molecule has 0 atom stereocenters. The van der Waals surface area contributed by atoms with Crippen molar-refractivity contribution in [1.82, 2.24) is 15.3 Å². The Morgan fingerprint density at radius 3 is 2.63 bits per heavy atom. The lowest BCUT2D eigenvalue weighted by molar-refractivity contribution is 0.0949. The normalized spacial score (nSPS) is 10.5. The minimum absolute atomic E-state index is 0.00784. The van der Waals surface area contributed by atoms with Crippen molar-refractivity contribution < 1.29 is 9.18 Å². The molecule has 0 saturated carbocycles. The highest BCUT2D eigenvalue weighted by Crippen LogP contribution is 2.21. The first-order valence-electron chi connectivity index (χ1n) is 8.41. The maximum atomic E-state index is 13.3. The Morgan fingerprint density at radius 2 is 1.89 bits per heavy atom. The number of carbonyl (C=O) groups excluding carboxylic acids is 1. The zero-order valence-electron chi connectivity index (χ0n) is 14.7. The number of hydrogen-bond acceptors (Lipinski definition) is 4. The fourth-order valence-electron chi connectivity index (χ4n) is 2.50. The molecule has 0 unspecified atom stereocenters. The fraction of sp³-hybridized carbons (Fsp3) is 0.150. The highest BCUT2D eigenvalue weighted by molar-refractivity contribution is 6.31. The summed E-state index contributed by atoms with van der Waals surface area (Å²) in [6, 6.07) is 15.7. The molecule has 5 nitrogen and oxygen atoms in total. The van der Waals surface area contributed by atoms with Crippen molar-refractivity contribution in [3.8, 4) is 0 Å². The number of amides is 1. The van der Waals surface area contributed by atoms with Gasteiger partial charge in [0.25, 0.3) is 5.91 Å². The predicted octanol–water partition coefficient (Wildman–Crippen LogP) is 4.29. The number of anilines is 2. The maximum absolute atomic E-state index is 13.3. The Kier molecular flexibility index (Phi) is 5.98. The SMILES string of the molecule is Cc1cc(C(=O)NCCc2ccccc2)nc(Nc2ccc(F)c(Cl)c2)n1. The molecule has 0 saturated heterocycles. The van der Waals surface area contributed by atoms with Gasteiger partial charge < -0.3 is 10.6 Å². The zero-order chi connectivity index (χ0) is 19.2. The number of rotatable bonds is 6. The van der Waals surface area contributed by atoms with Crippen LogP contribution in [-0.2, 0) is 6.42 Å². The summed E-state index contributed by atoms with van der Waals surface area (Å²) in [4.78, 5) is 20.9. The molecule has 0 fully saturated rings. The lowest BCUT2D eigenvalue weighted by Crippen LogP contribution is -2.27. The average Bonchev–Trinajstić information content (AvgIpc) is 2.65. The summed E-state index contributed by atoms with van der Waals surface area (Å²) in [5, 5.41) is 5.78. The van der Waals surface area contributed by atoms with Gasteiger partial charge >= 0.3 is 0 Å². The van der Waals surface area contributed by atoms with Crippen LogP contribution in [0.5, 0.6) is 0 Å². The summed E-state index contributed by atoms with van der Waals surface area (Å²) in [7, 11) is 0. The smallest absolute Gasteiger partial charge is 0.270 e. The van der Waals surface area contributed by atoms with Crippen LogP contribution in [-0.4, -0.2) is 22.4 Å². The molecule has 2 N–H and O–H groups in total. The van der Waals surface area contributed by atoms with Crippen molar-refractivity contribution in [2.75, 3.05) is 11.9 Å². The molecule has 0 aliphatic carbocycles. The van der Waals surface area contributed by atoms with Crippen LogP contribution in [0.15, 0.2) is 54.6 Å². The summed E-state index contributed by atoms with van der Waals surface area (Å²) < 4.78 is 13.3. The van der Waals surface area contributed by atoms with E-state index in [1.807, 2.05) is 30.3 Å². The second-order valence-corrected chi connectivity index (χ2v) is 6.37. The molecule has 1 heterocycles. The summed E-state index contributed by atoms with van der Waals surface area (Å²) in [5.74, 6) is -0.548. The third-order valence-electron chi connectivity index (χ3n) is 3.80. The number of nitrogens with one attached hydrogen (secondary N) is 2. The third-order valence-corrected chi connectivity index (χ3v) is 4.09. The molecule has 138 valence electrons. The zero-order valence-corrected chi connectivity index (χ0v) is 15.4. The van der Waals surface area contributed by atoms with Gasteiger partial charge in [0.05, 0.1) is 5.02 Å². The monoisotopic (exact) mass is 384 g/mol. The summed E-state index contributed by atoms with van der Waals surface area (Å²) in [6.45, 7) is 2.27. The van der Waals surface area contributed by atoms with Crippen LogP contribution >= 0.6 is 11.6 Å². The minimum atomic E-state index is -0.508. The quantitative estimate of drug-likeness (QED) is 0.665. The van der Waals surface area contributed by atoms with E-state index in [2.05, 4.69) is 20.6 Å². The van der Waals surface area contributed by atoms with Gasteiger partial charge in [0.2, 0.25) is 5.95 Å². The number of aryl methyl sites for hydroxylation is 1. The first kappa shape index (κ1) is 18.8. The number of carbonyl (C=O) groups is 1.